The SMILES string of the molecule is CNS(=O)(=O)N[C@@H]1C[C@H]1CO. The Morgan fingerprint density at radius 3 is 2.64 bits per heavy atom. The van der Waals surface area contributed by atoms with Gasteiger partial charge in [-0.3, -0.25) is 0 Å². The molecule has 0 heterocycles. The zero-order valence-corrected chi connectivity index (χ0v) is 7.06. The average Bonchev–Trinajstić information content (AvgIpc) is 2.67. The van der Waals surface area contributed by atoms with Gasteiger partial charge in [-0.05, 0) is 12.3 Å². The first kappa shape index (κ1) is 8.92. The molecule has 0 saturated heterocycles. The van der Waals surface area contributed by atoms with Crippen LogP contribution in [-0.4, -0.2) is 33.2 Å². The van der Waals surface area contributed by atoms with Gasteiger partial charge in [0.25, 0.3) is 10.2 Å². The molecule has 0 aromatic rings. The van der Waals surface area contributed by atoms with Gasteiger partial charge in [0.05, 0.1) is 0 Å². The van der Waals surface area contributed by atoms with E-state index in [4.69, 9.17) is 5.11 Å². The van der Waals surface area contributed by atoms with Crippen molar-refractivity contribution in [1.29, 1.82) is 0 Å². The van der Waals surface area contributed by atoms with Crippen LogP contribution in [-0.2, 0) is 10.2 Å². The minimum Gasteiger partial charge on any atom is -0.396 e. The highest BCUT2D eigenvalue weighted by Crippen LogP contribution is 2.29. The lowest BCUT2D eigenvalue weighted by atomic mass is 10.4. The van der Waals surface area contributed by atoms with Crippen LogP contribution in [0.2, 0.25) is 0 Å². The first-order chi connectivity index (χ1) is 5.09. The molecule has 0 aromatic carbocycles. The van der Waals surface area contributed by atoms with Crippen LogP contribution in [0, 0.1) is 5.92 Å². The van der Waals surface area contributed by atoms with E-state index in [1.54, 1.807) is 0 Å². The summed E-state index contributed by atoms with van der Waals surface area (Å²) in [6, 6.07) is -0.0718. The molecule has 3 N–H and O–H groups in total. The maximum Gasteiger partial charge on any atom is 0.276 e. The summed E-state index contributed by atoms with van der Waals surface area (Å²) in [6.07, 6.45) is 0.734. The average molecular weight is 180 g/mol. The molecular weight excluding hydrogens is 168 g/mol. The lowest BCUT2D eigenvalue weighted by Gasteiger charge is -2.02. The van der Waals surface area contributed by atoms with Crippen molar-refractivity contribution in [3.63, 3.8) is 0 Å². The van der Waals surface area contributed by atoms with Crippen molar-refractivity contribution >= 4 is 10.2 Å². The Labute approximate surface area is 66.0 Å². The van der Waals surface area contributed by atoms with E-state index in [0.717, 1.165) is 6.42 Å². The van der Waals surface area contributed by atoms with Crippen molar-refractivity contribution in [3.8, 4) is 0 Å². The fourth-order valence-electron chi connectivity index (χ4n) is 0.852. The summed E-state index contributed by atoms with van der Waals surface area (Å²) >= 11 is 0. The number of hydrogen-bond donors (Lipinski definition) is 3. The summed E-state index contributed by atoms with van der Waals surface area (Å²) in [6.45, 7) is 0.0525. The highest BCUT2D eigenvalue weighted by Gasteiger charge is 2.38. The third-order valence-corrected chi connectivity index (χ3v) is 2.88. The summed E-state index contributed by atoms with van der Waals surface area (Å²) in [4.78, 5) is 0. The molecule has 66 valence electrons. The van der Waals surface area contributed by atoms with Crippen LogP contribution in [0.25, 0.3) is 0 Å². The van der Waals surface area contributed by atoms with Gasteiger partial charge in [-0.2, -0.15) is 13.1 Å². The minimum atomic E-state index is -3.31. The monoisotopic (exact) mass is 180 g/mol. The fourth-order valence-corrected chi connectivity index (χ4v) is 1.66. The number of aliphatic hydroxyl groups is 1. The van der Waals surface area contributed by atoms with E-state index < -0.39 is 10.2 Å². The van der Waals surface area contributed by atoms with Gasteiger partial charge in [-0.15, -0.1) is 0 Å². The highest BCUT2D eigenvalue weighted by atomic mass is 32.2. The molecule has 5 nitrogen and oxygen atoms in total. The van der Waals surface area contributed by atoms with Gasteiger partial charge in [0.2, 0.25) is 0 Å². The predicted molar refractivity (Wildman–Crippen MR) is 40.1 cm³/mol. The summed E-state index contributed by atoms with van der Waals surface area (Å²) < 4.78 is 26.1. The lowest BCUT2D eigenvalue weighted by Crippen LogP contribution is -2.36. The molecule has 6 heteroatoms. The van der Waals surface area contributed by atoms with E-state index in [-0.39, 0.29) is 18.6 Å². The Hall–Kier alpha value is -0.170. The van der Waals surface area contributed by atoms with Crippen LogP contribution < -0.4 is 9.44 Å². The van der Waals surface area contributed by atoms with Crippen LogP contribution >= 0.6 is 0 Å². The molecule has 1 aliphatic carbocycles. The summed E-state index contributed by atoms with van der Waals surface area (Å²) in [7, 11) is -1.96. The second-order valence-corrected chi connectivity index (χ2v) is 4.26. The van der Waals surface area contributed by atoms with Crippen molar-refractivity contribution in [2.75, 3.05) is 13.7 Å². The molecule has 0 bridgehead atoms. The highest BCUT2D eigenvalue weighted by molar-refractivity contribution is 7.87. The summed E-state index contributed by atoms with van der Waals surface area (Å²) in [5.74, 6) is 0.109. The molecule has 1 saturated carbocycles. The maximum absolute atomic E-state index is 10.8. The Morgan fingerprint density at radius 2 is 2.27 bits per heavy atom. The number of rotatable bonds is 4. The van der Waals surface area contributed by atoms with E-state index in [1.807, 2.05) is 0 Å². The largest absolute Gasteiger partial charge is 0.396 e. The van der Waals surface area contributed by atoms with Crippen LogP contribution in [0.1, 0.15) is 6.42 Å². The Balaban J connectivity index is 2.34. The van der Waals surface area contributed by atoms with E-state index in [0.29, 0.717) is 0 Å². The van der Waals surface area contributed by atoms with Gasteiger partial charge in [0, 0.05) is 19.7 Å². The van der Waals surface area contributed by atoms with E-state index in [1.165, 1.54) is 7.05 Å². The first-order valence-corrected chi connectivity index (χ1v) is 4.89. The molecule has 2 atom stereocenters. The molecule has 0 amide bonds. The summed E-state index contributed by atoms with van der Waals surface area (Å²) in [5.41, 5.74) is 0. The molecule has 0 aliphatic heterocycles. The molecule has 1 rings (SSSR count). The normalized spacial score (nSPS) is 30.4. The lowest BCUT2D eigenvalue weighted by molar-refractivity contribution is 0.273. The molecule has 0 aromatic heterocycles. The number of nitrogens with one attached hydrogen (secondary N) is 2. The zero-order chi connectivity index (χ0) is 8.48. The van der Waals surface area contributed by atoms with Gasteiger partial charge >= 0.3 is 0 Å². The maximum atomic E-state index is 10.8. The van der Waals surface area contributed by atoms with Crippen LogP contribution in [0.5, 0.6) is 0 Å². The Morgan fingerprint density at radius 1 is 1.64 bits per heavy atom. The van der Waals surface area contributed by atoms with Crippen molar-refractivity contribution in [3.05, 3.63) is 0 Å². The zero-order valence-electron chi connectivity index (χ0n) is 6.24. The molecule has 0 spiro atoms. The molecule has 0 unspecified atom stereocenters. The van der Waals surface area contributed by atoms with E-state index in [9.17, 15) is 8.42 Å². The second kappa shape index (κ2) is 3.06. The van der Waals surface area contributed by atoms with Crippen LogP contribution in [0.4, 0.5) is 0 Å². The predicted octanol–water partition coefficient (Wildman–Crippen LogP) is -1.58. The number of aliphatic hydroxyl groups excluding tert-OH is 1. The van der Waals surface area contributed by atoms with Crippen molar-refractivity contribution in [2.45, 2.75) is 12.5 Å². The van der Waals surface area contributed by atoms with Gasteiger partial charge in [-0.1, -0.05) is 0 Å². The van der Waals surface area contributed by atoms with E-state index in [2.05, 4.69) is 9.44 Å². The van der Waals surface area contributed by atoms with Crippen LogP contribution in [0.3, 0.4) is 0 Å². The van der Waals surface area contributed by atoms with E-state index >= 15 is 0 Å². The standard InChI is InChI=1S/C5H12N2O3S/c1-6-11(9,10)7-5-2-4(5)3-8/h4-8H,2-3H2,1H3/t4-,5+/m0/s1. The van der Waals surface area contributed by atoms with Gasteiger partial charge in [0.1, 0.15) is 0 Å². The summed E-state index contributed by atoms with van der Waals surface area (Å²) in [5, 5.41) is 8.59. The van der Waals surface area contributed by atoms with Crippen molar-refractivity contribution in [2.24, 2.45) is 5.92 Å². The smallest absolute Gasteiger partial charge is 0.276 e. The third kappa shape index (κ3) is 2.41. The van der Waals surface area contributed by atoms with Crippen molar-refractivity contribution in [1.82, 2.24) is 9.44 Å². The first-order valence-electron chi connectivity index (χ1n) is 3.40. The molecule has 0 radical (unpaired) electrons. The van der Waals surface area contributed by atoms with Crippen molar-refractivity contribution < 1.29 is 13.5 Å². The minimum absolute atomic E-state index is 0.0525. The topological polar surface area (TPSA) is 78.4 Å². The Kier molecular flexibility index (Phi) is 2.48. The molecule has 11 heavy (non-hydrogen) atoms. The quantitative estimate of drug-likeness (QED) is 0.488. The molecular formula is C5H12N2O3S. The van der Waals surface area contributed by atoms with Gasteiger partial charge in [-0.25, -0.2) is 4.72 Å². The third-order valence-electron chi connectivity index (χ3n) is 1.73. The number of hydrogen-bond acceptors (Lipinski definition) is 3. The fraction of sp³-hybridized carbons (Fsp3) is 1.00. The van der Waals surface area contributed by atoms with Crippen LogP contribution in [0.15, 0.2) is 0 Å². The van der Waals surface area contributed by atoms with Gasteiger partial charge < -0.3 is 5.11 Å². The Bertz CT molecular complexity index is 226. The second-order valence-electron chi connectivity index (χ2n) is 2.61. The van der Waals surface area contributed by atoms with Gasteiger partial charge in [0.15, 0.2) is 0 Å². The molecule has 1 aliphatic rings. The molecule has 1 fully saturated rings.